The summed E-state index contributed by atoms with van der Waals surface area (Å²) >= 11 is 5.95. The first-order valence-corrected chi connectivity index (χ1v) is 6.57. The number of carboxylic acid groups (broad SMARTS) is 1. The van der Waals surface area contributed by atoms with Crippen molar-refractivity contribution in [2.24, 2.45) is 11.8 Å². The number of methoxy groups -OCH3 is 1. The first-order chi connectivity index (χ1) is 9.77. The van der Waals surface area contributed by atoms with E-state index in [-0.39, 0.29) is 16.3 Å². The Labute approximate surface area is 127 Å². The Kier molecular flexibility index (Phi) is 5.72. The molecule has 114 valence electrons. The molecule has 0 heterocycles. The van der Waals surface area contributed by atoms with Gasteiger partial charge in [-0.3, -0.25) is 9.59 Å². The summed E-state index contributed by atoms with van der Waals surface area (Å²) < 4.78 is 4.58. The fraction of sp³-hybridized carbons (Fsp3) is 0.357. The predicted molar refractivity (Wildman–Crippen MR) is 77.4 cm³/mol. The molecule has 0 bridgehead atoms. The van der Waals surface area contributed by atoms with Crippen LogP contribution in [0.2, 0.25) is 5.02 Å². The number of nitrogens with one attached hydrogen (secondary N) is 1. The molecule has 6 nitrogen and oxygen atoms in total. The number of esters is 1. The van der Waals surface area contributed by atoms with Crippen molar-refractivity contribution in [2.45, 2.75) is 13.8 Å². The first-order valence-electron chi connectivity index (χ1n) is 6.19. The number of hydrogen-bond donors (Lipinski definition) is 2. The highest BCUT2D eigenvalue weighted by atomic mass is 35.5. The summed E-state index contributed by atoms with van der Waals surface area (Å²) in [6.07, 6.45) is 0. The van der Waals surface area contributed by atoms with E-state index in [4.69, 9.17) is 16.7 Å². The molecule has 0 fully saturated rings. The van der Waals surface area contributed by atoms with Gasteiger partial charge in [0.25, 0.3) is 0 Å². The zero-order valence-corrected chi connectivity index (χ0v) is 12.6. The van der Waals surface area contributed by atoms with Crippen molar-refractivity contribution >= 4 is 35.1 Å². The van der Waals surface area contributed by atoms with Gasteiger partial charge in [0, 0.05) is 5.92 Å². The van der Waals surface area contributed by atoms with Crippen LogP contribution in [0.1, 0.15) is 24.2 Å². The Morgan fingerprint density at radius 1 is 1.24 bits per heavy atom. The van der Waals surface area contributed by atoms with Crippen molar-refractivity contribution in [2.75, 3.05) is 12.4 Å². The second-order valence-electron chi connectivity index (χ2n) is 4.59. The number of halogens is 1. The van der Waals surface area contributed by atoms with Gasteiger partial charge in [0.15, 0.2) is 0 Å². The molecule has 0 aliphatic carbocycles. The van der Waals surface area contributed by atoms with Crippen LogP contribution in [-0.4, -0.2) is 30.1 Å². The van der Waals surface area contributed by atoms with Gasteiger partial charge < -0.3 is 15.2 Å². The number of carboxylic acids is 1. The van der Waals surface area contributed by atoms with Crippen LogP contribution in [0, 0.1) is 11.8 Å². The van der Waals surface area contributed by atoms with E-state index >= 15 is 0 Å². The third-order valence-electron chi connectivity index (χ3n) is 3.20. The Balaban J connectivity index is 2.94. The second kappa shape index (κ2) is 7.08. The smallest absolute Gasteiger partial charge is 0.337 e. The molecule has 21 heavy (non-hydrogen) atoms. The first kappa shape index (κ1) is 17.0. The number of hydrogen-bond acceptors (Lipinski definition) is 4. The Morgan fingerprint density at radius 3 is 2.38 bits per heavy atom. The van der Waals surface area contributed by atoms with E-state index in [2.05, 4.69) is 10.1 Å². The Morgan fingerprint density at radius 2 is 1.86 bits per heavy atom. The lowest BCUT2D eigenvalue weighted by atomic mass is 9.95. The van der Waals surface area contributed by atoms with Crippen LogP contribution in [0.15, 0.2) is 18.2 Å². The summed E-state index contributed by atoms with van der Waals surface area (Å²) in [7, 11) is 1.24. The van der Waals surface area contributed by atoms with Crippen LogP contribution in [-0.2, 0) is 14.3 Å². The molecule has 0 aliphatic heterocycles. The highest BCUT2D eigenvalue weighted by Gasteiger charge is 2.26. The topological polar surface area (TPSA) is 92.7 Å². The monoisotopic (exact) mass is 313 g/mol. The Bertz CT molecular complexity index is 572. The second-order valence-corrected chi connectivity index (χ2v) is 5.00. The number of ether oxygens (including phenoxy) is 1. The quantitative estimate of drug-likeness (QED) is 0.814. The predicted octanol–water partition coefficient (Wildman–Crippen LogP) is 2.42. The summed E-state index contributed by atoms with van der Waals surface area (Å²) in [5.41, 5.74) is 0.463. The van der Waals surface area contributed by atoms with E-state index in [1.54, 1.807) is 0 Å². The fourth-order valence-corrected chi connectivity index (χ4v) is 1.72. The van der Waals surface area contributed by atoms with Gasteiger partial charge in [-0.05, 0) is 18.2 Å². The van der Waals surface area contributed by atoms with Crippen LogP contribution in [0.25, 0.3) is 0 Å². The minimum Gasteiger partial charge on any atom is -0.481 e. The summed E-state index contributed by atoms with van der Waals surface area (Å²) in [6.45, 7) is 2.95. The van der Waals surface area contributed by atoms with Gasteiger partial charge in [-0.25, -0.2) is 4.79 Å². The molecule has 2 N–H and O–H groups in total. The van der Waals surface area contributed by atoms with E-state index in [1.807, 2.05) is 0 Å². The van der Waals surface area contributed by atoms with Crippen molar-refractivity contribution < 1.29 is 24.2 Å². The minimum atomic E-state index is -1.06. The Hall–Kier alpha value is -2.08. The molecule has 0 radical (unpaired) electrons. The lowest BCUT2D eigenvalue weighted by Crippen LogP contribution is -2.30. The molecule has 1 amide bonds. The average molecular weight is 314 g/mol. The van der Waals surface area contributed by atoms with Crippen molar-refractivity contribution in [3.63, 3.8) is 0 Å². The summed E-state index contributed by atoms with van der Waals surface area (Å²) in [5, 5.41) is 11.7. The molecule has 2 atom stereocenters. The highest BCUT2D eigenvalue weighted by molar-refractivity contribution is 6.33. The van der Waals surface area contributed by atoms with Gasteiger partial charge in [0.2, 0.25) is 5.91 Å². The third-order valence-corrected chi connectivity index (χ3v) is 3.53. The molecule has 2 unspecified atom stereocenters. The maximum absolute atomic E-state index is 12.0. The molecule has 7 heteroatoms. The molecule has 1 rings (SSSR count). The minimum absolute atomic E-state index is 0.231. The zero-order chi connectivity index (χ0) is 16.2. The maximum Gasteiger partial charge on any atom is 0.337 e. The number of rotatable bonds is 5. The molecule has 0 aromatic heterocycles. The lowest BCUT2D eigenvalue weighted by Gasteiger charge is -2.16. The lowest BCUT2D eigenvalue weighted by molar-refractivity contribution is -0.145. The number of anilines is 1. The van der Waals surface area contributed by atoms with Crippen molar-refractivity contribution in [3.8, 4) is 0 Å². The number of carbonyl (C=O) groups excluding carboxylic acids is 2. The zero-order valence-electron chi connectivity index (χ0n) is 11.8. The largest absolute Gasteiger partial charge is 0.481 e. The fourth-order valence-electron chi connectivity index (χ4n) is 1.55. The van der Waals surface area contributed by atoms with Gasteiger partial charge in [-0.1, -0.05) is 25.4 Å². The summed E-state index contributed by atoms with van der Waals surface area (Å²) in [4.78, 5) is 34.3. The third kappa shape index (κ3) is 4.19. The van der Waals surface area contributed by atoms with E-state index in [9.17, 15) is 14.4 Å². The number of amides is 1. The van der Waals surface area contributed by atoms with Crippen LogP contribution in [0.5, 0.6) is 0 Å². The van der Waals surface area contributed by atoms with Gasteiger partial charge in [0.1, 0.15) is 0 Å². The van der Waals surface area contributed by atoms with Crippen LogP contribution in [0.4, 0.5) is 5.69 Å². The SMILES string of the molecule is COC(=O)c1ccc(Cl)c(NC(=O)C(C)C(C)C(=O)O)c1. The number of carbonyl (C=O) groups is 3. The molecule has 1 aromatic carbocycles. The van der Waals surface area contributed by atoms with E-state index in [1.165, 1.54) is 39.2 Å². The average Bonchev–Trinajstić information content (AvgIpc) is 2.46. The molecular formula is C14H16ClNO5. The standard InChI is InChI=1S/C14H16ClNO5/c1-7(8(2)13(18)19)12(17)16-11-6-9(14(20)21-3)4-5-10(11)15/h4-8H,1-3H3,(H,16,17)(H,18,19). The van der Waals surface area contributed by atoms with Crippen LogP contribution in [0.3, 0.4) is 0 Å². The molecule has 1 aromatic rings. The van der Waals surface area contributed by atoms with E-state index in [0.717, 1.165) is 0 Å². The number of benzene rings is 1. The molecule has 0 aliphatic rings. The molecule has 0 saturated carbocycles. The molecule has 0 spiro atoms. The van der Waals surface area contributed by atoms with E-state index < -0.39 is 29.7 Å². The summed E-state index contributed by atoms with van der Waals surface area (Å²) in [5.74, 6) is -3.71. The van der Waals surface area contributed by atoms with Gasteiger partial charge in [0.05, 0.1) is 29.3 Å². The normalized spacial score (nSPS) is 13.1. The van der Waals surface area contributed by atoms with Crippen molar-refractivity contribution in [1.29, 1.82) is 0 Å². The van der Waals surface area contributed by atoms with Gasteiger partial charge in [-0.15, -0.1) is 0 Å². The number of aliphatic carboxylic acids is 1. The van der Waals surface area contributed by atoms with Gasteiger partial charge >= 0.3 is 11.9 Å². The molecule has 0 saturated heterocycles. The van der Waals surface area contributed by atoms with Crippen LogP contribution >= 0.6 is 11.6 Å². The van der Waals surface area contributed by atoms with Crippen molar-refractivity contribution in [1.82, 2.24) is 0 Å². The summed E-state index contributed by atoms with van der Waals surface area (Å²) in [6, 6.07) is 4.30. The van der Waals surface area contributed by atoms with E-state index in [0.29, 0.717) is 0 Å². The highest BCUT2D eigenvalue weighted by Crippen LogP contribution is 2.25. The maximum atomic E-state index is 12.0. The van der Waals surface area contributed by atoms with Gasteiger partial charge in [-0.2, -0.15) is 0 Å². The molecular weight excluding hydrogens is 298 g/mol. The van der Waals surface area contributed by atoms with Crippen LogP contribution < -0.4 is 5.32 Å². The van der Waals surface area contributed by atoms with Crippen molar-refractivity contribution in [3.05, 3.63) is 28.8 Å².